The van der Waals surface area contributed by atoms with Crippen LogP contribution in [0.25, 0.3) is 6.08 Å². The average Bonchev–Trinajstić information content (AvgIpc) is 2.86. The smallest absolute Gasteiger partial charge is 0.264 e. The standard InChI is InChI=1S/C18H14Cl2N2OS/c1-10-4-3-5-11(2)16(10)21-18-22-17(23)15(24-18)8-12-6-7-13(19)9-14(12)20/h3-9H,1-2H3,(H,21,22,23)/b15-8+. The van der Waals surface area contributed by atoms with Gasteiger partial charge in [0.25, 0.3) is 5.91 Å². The summed E-state index contributed by atoms with van der Waals surface area (Å²) in [5.74, 6) is -0.184. The number of hydrogen-bond acceptors (Lipinski definition) is 3. The number of aliphatic imine (C=N–C) groups is 1. The third kappa shape index (κ3) is 3.66. The van der Waals surface area contributed by atoms with Crippen LogP contribution in [0.1, 0.15) is 16.7 Å². The van der Waals surface area contributed by atoms with E-state index in [1.165, 1.54) is 11.8 Å². The Bertz CT molecular complexity index is 870. The Morgan fingerprint density at radius 3 is 2.50 bits per heavy atom. The van der Waals surface area contributed by atoms with E-state index in [4.69, 9.17) is 23.2 Å². The lowest BCUT2D eigenvalue weighted by molar-refractivity contribution is -0.115. The van der Waals surface area contributed by atoms with Gasteiger partial charge in [0, 0.05) is 10.0 Å². The number of rotatable bonds is 2. The fraction of sp³-hybridized carbons (Fsp3) is 0.111. The molecule has 1 aliphatic rings. The Labute approximate surface area is 154 Å². The molecule has 0 saturated carbocycles. The first-order valence-corrected chi connectivity index (χ1v) is 8.82. The van der Waals surface area contributed by atoms with E-state index in [0.717, 1.165) is 22.4 Å². The lowest BCUT2D eigenvalue weighted by atomic mass is 10.1. The maximum absolute atomic E-state index is 12.2. The van der Waals surface area contributed by atoms with Gasteiger partial charge in [0.1, 0.15) is 0 Å². The monoisotopic (exact) mass is 376 g/mol. The second-order valence-corrected chi connectivity index (χ2v) is 7.26. The predicted octanol–water partition coefficient (Wildman–Crippen LogP) is 5.50. The van der Waals surface area contributed by atoms with Crippen molar-refractivity contribution in [1.82, 2.24) is 5.32 Å². The second kappa shape index (κ2) is 7.01. The molecule has 3 rings (SSSR count). The van der Waals surface area contributed by atoms with Crippen molar-refractivity contribution in [3.05, 3.63) is 68.0 Å². The Morgan fingerprint density at radius 2 is 1.83 bits per heavy atom. The summed E-state index contributed by atoms with van der Waals surface area (Å²) in [6, 6.07) is 11.2. The van der Waals surface area contributed by atoms with Gasteiger partial charge in [0.2, 0.25) is 0 Å². The highest BCUT2D eigenvalue weighted by molar-refractivity contribution is 8.18. The van der Waals surface area contributed by atoms with Crippen LogP contribution >= 0.6 is 35.0 Å². The number of aryl methyl sites for hydroxylation is 2. The molecule has 1 fully saturated rings. The molecule has 0 radical (unpaired) electrons. The number of halogens is 2. The minimum atomic E-state index is -0.184. The molecular weight excluding hydrogens is 363 g/mol. The van der Waals surface area contributed by atoms with Gasteiger partial charge < -0.3 is 5.32 Å². The summed E-state index contributed by atoms with van der Waals surface area (Å²) in [5.41, 5.74) is 3.75. The zero-order chi connectivity index (χ0) is 17.3. The first-order valence-electron chi connectivity index (χ1n) is 7.25. The number of carbonyl (C=O) groups is 1. The van der Waals surface area contributed by atoms with Gasteiger partial charge in [0.15, 0.2) is 5.17 Å². The third-order valence-electron chi connectivity index (χ3n) is 3.55. The second-order valence-electron chi connectivity index (χ2n) is 5.39. The molecule has 122 valence electrons. The first-order chi connectivity index (χ1) is 11.4. The van der Waals surface area contributed by atoms with Crippen molar-refractivity contribution in [3.8, 4) is 0 Å². The molecule has 0 aliphatic carbocycles. The van der Waals surface area contributed by atoms with E-state index >= 15 is 0 Å². The van der Waals surface area contributed by atoms with Gasteiger partial charge in [-0.05, 0) is 60.5 Å². The minimum Gasteiger partial charge on any atom is -0.300 e. The molecule has 1 heterocycles. The van der Waals surface area contributed by atoms with Crippen LogP contribution in [-0.2, 0) is 4.79 Å². The van der Waals surface area contributed by atoms with Gasteiger partial charge in [-0.25, -0.2) is 4.99 Å². The zero-order valence-electron chi connectivity index (χ0n) is 13.1. The van der Waals surface area contributed by atoms with E-state index in [1.807, 2.05) is 32.0 Å². The van der Waals surface area contributed by atoms with Crippen molar-refractivity contribution in [2.24, 2.45) is 4.99 Å². The lowest BCUT2D eigenvalue weighted by Gasteiger charge is -2.04. The van der Waals surface area contributed by atoms with Crippen molar-refractivity contribution in [2.45, 2.75) is 13.8 Å². The van der Waals surface area contributed by atoms with Crippen molar-refractivity contribution >= 4 is 57.8 Å². The summed E-state index contributed by atoms with van der Waals surface area (Å²) in [7, 11) is 0. The number of carbonyl (C=O) groups excluding carboxylic acids is 1. The molecule has 1 saturated heterocycles. The third-order valence-corrected chi connectivity index (χ3v) is 5.03. The van der Waals surface area contributed by atoms with Gasteiger partial charge in [-0.15, -0.1) is 0 Å². The normalized spacial score (nSPS) is 17.6. The van der Waals surface area contributed by atoms with Crippen molar-refractivity contribution < 1.29 is 4.79 Å². The summed E-state index contributed by atoms with van der Waals surface area (Å²) < 4.78 is 0. The zero-order valence-corrected chi connectivity index (χ0v) is 15.4. The highest BCUT2D eigenvalue weighted by Gasteiger charge is 2.24. The van der Waals surface area contributed by atoms with Gasteiger partial charge >= 0.3 is 0 Å². The maximum atomic E-state index is 12.2. The van der Waals surface area contributed by atoms with Crippen LogP contribution in [0.2, 0.25) is 10.0 Å². The SMILES string of the molecule is Cc1cccc(C)c1N=C1NC(=O)/C(=C\c2ccc(Cl)cc2Cl)S1. The first kappa shape index (κ1) is 17.1. The minimum absolute atomic E-state index is 0.184. The van der Waals surface area contributed by atoms with Crippen LogP contribution in [0, 0.1) is 13.8 Å². The molecule has 1 amide bonds. The molecule has 0 atom stereocenters. The molecule has 3 nitrogen and oxygen atoms in total. The van der Waals surface area contributed by atoms with Crippen LogP contribution in [0.5, 0.6) is 0 Å². The highest BCUT2D eigenvalue weighted by Crippen LogP contribution is 2.32. The number of amides is 1. The Hall–Kier alpha value is -1.75. The summed E-state index contributed by atoms with van der Waals surface area (Å²) >= 11 is 13.4. The highest BCUT2D eigenvalue weighted by atomic mass is 35.5. The largest absolute Gasteiger partial charge is 0.300 e. The lowest BCUT2D eigenvalue weighted by Crippen LogP contribution is -2.19. The average molecular weight is 377 g/mol. The number of benzene rings is 2. The van der Waals surface area contributed by atoms with E-state index in [1.54, 1.807) is 24.3 Å². The topological polar surface area (TPSA) is 41.5 Å². The molecule has 0 bridgehead atoms. The molecule has 2 aromatic rings. The summed E-state index contributed by atoms with van der Waals surface area (Å²) in [5, 5.41) is 4.42. The van der Waals surface area contributed by atoms with Gasteiger partial charge in [-0.1, -0.05) is 47.5 Å². The molecule has 0 spiro atoms. The fourth-order valence-corrected chi connectivity index (χ4v) is 3.61. The Balaban J connectivity index is 1.91. The number of amidine groups is 1. The van der Waals surface area contributed by atoms with Crippen molar-refractivity contribution in [1.29, 1.82) is 0 Å². The van der Waals surface area contributed by atoms with Crippen LogP contribution in [-0.4, -0.2) is 11.1 Å². The summed E-state index contributed by atoms with van der Waals surface area (Å²) in [4.78, 5) is 17.3. The number of hydrogen-bond donors (Lipinski definition) is 1. The van der Waals surface area contributed by atoms with Crippen molar-refractivity contribution in [3.63, 3.8) is 0 Å². The molecule has 24 heavy (non-hydrogen) atoms. The molecular formula is C18H14Cl2N2OS. The van der Waals surface area contributed by atoms with Gasteiger partial charge in [-0.2, -0.15) is 0 Å². The van der Waals surface area contributed by atoms with E-state index in [0.29, 0.717) is 20.1 Å². The van der Waals surface area contributed by atoms with Gasteiger partial charge in [0.05, 0.1) is 10.6 Å². The number of nitrogens with zero attached hydrogens (tertiary/aromatic N) is 1. The van der Waals surface area contributed by atoms with E-state index < -0.39 is 0 Å². The van der Waals surface area contributed by atoms with Crippen LogP contribution in [0.3, 0.4) is 0 Å². The van der Waals surface area contributed by atoms with E-state index in [2.05, 4.69) is 10.3 Å². The van der Waals surface area contributed by atoms with Crippen LogP contribution in [0.4, 0.5) is 5.69 Å². The molecule has 6 heteroatoms. The molecule has 0 unspecified atom stereocenters. The predicted molar refractivity (Wildman–Crippen MR) is 103 cm³/mol. The van der Waals surface area contributed by atoms with Crippen LogP contribution < -0.4 is 5.32 Å². The van der Waals surface area contributed by atoms with E-state index in [-0.39, 0.29) is 5.91 Å². The molecule has 0 aromatic heterocycles. The van der Waals surface area contributed by atoms with Gasteiger partial charge in [-0.3, -0.25) is 4.79 Å². The molecule has 1 aliphatic heterocycles. The molecule has 1 N–H and O–H groups in total. The Kier molecular flexibility index (Phi) is 4.99. The van der Waals surface area contributed by atoms with Crippen LogP contribution in [0.15, 0.2) is 46.3 Å². The number of para-hydroxylation sites is 1. The fourth-order valence-electron chi connectivity index (χ4n) is 2.32. The summed E-state index contributed by atoms with van der Waals surface area (Å²) in [6.07, 6.45) is 1.74. The summed E-state index contributed by atoms with van der Waals surface area (Å²) in [6.45, 7) is 4.00. The quantitative estimate of drug-likeness (QED) is 0.702. The molecule has 2 aromatic carbocycles. The van der Waals surface area contributed by atoms with Crippen molar-refractivity contribution in [2.75, 3.05) is 0 Å². The van der Waals surface area contributed by atoms with E-state index in [9.17, 15) is 4.79 Å². The number of thioether (sulfide) groups is 1. The Morgan fingerprint density at radius 1 is 1.12 bits per heavy atom. The number of nitrogens with one attached hydrogen (secondary N) is 1. The maximum Gasteiger partial charge on any atom is 0.264 e.